The van der Waals surface area contributed by atoms with E-state index in [-0.39, 0.29) is 27.6 Å². The number of halogens is 3. The Morgan fingerprint density at radius 1 is 1.03 bits per heavy atom. The van der Waals surface area contributed by atoms with Crippen LogP contribution < -0.4 is 5.43 Å². The second kappa shape index (κ2) is 11.8. The van der Waals surface area contributed by atoms with Crippen LogP contribution in [0.4, 0.5) is 0 Å². The topological polar surface area (TPSA) is 116 Å². The number of aromatic carboxylic acids is 1. The molecule has 0 spiro atoms. The summed E-state index contributed by atoms with van der Waals surface area (Å²) in [6.07, 6.45) is 1.17. The fourth-order valence-electron chi connectivity index (χ4n) is 3.00. The molecule has 0 radical (unpaired) electrons. The quantitative estimate of drug-likeness (QED) is 0.271. The van der Waals surface area contributed by atoms with Gasteiger partial charge in [0.2, 0.25) is 10.0 Å². The van der Waals surface area contributed by atoms with Gasteiger partial charge < -0.3 is 5.11 Å². The third kappa shape index (κ3) is 7.12. The number of sulfonamides is 1. The Bertz CT molecular complexity index is 1380. The van der Waals surface area contributed by atoms with Crippen molar-refractivity contribution >= 4 is 67.2 Å². The van der Waals surface area contributed by atoms with Crippen LogP contribution in [0.3, 0.4) is 0 Å². The van der Waals surface area contributed by atoms with E-state index < -0.39 is 28.4 Å². The highest BCUT2D eigenvalue weighted by molar-refractivity contribution is 9.10. The standard InChI is InChI=1S/C23H18BrCl2N3O5S/c24-17-6-8-18(9-7-17)35(33,34)29(13-15-5-10-20(25)21(26)11-15)14-22(30)28-27-12-16-3-1-2-4-19(16)23(31)32/h1-12H,13-14H2,(H,28,30)(H,31,32)/b27-12+. The summed E-state index contributed by atoms with van der Waals surface area (Å²) >= 11 is 15.3. The molecule has 0 saturated heterocycles. The average molecular weight is 599 g/mol. The monoisotopic (exact) mass is 597 g/mol. The first kappa shape index (κ1) is 26.8. The van der Waals surface area contributed by atoms with Gasteiger partial charge in [-0.3, -0.25) is 4.79 Å². The molecule has 3 aromatic rings. The second-order valence-electron chi connectivity index (χ2n) is 7.16. The molecule has 3 rings (SSSR count). The largest absolute Gasteiger partial charge is 0.478 e. The number of carbonyl (C=O) groups excluding carboxylic acids is 1. The number of carbonyl (C=O) groups is 2. The maximum Gasteiger partial charge on any atom is 0.336 e. The zero-order valence-electron chi connectivity index (χ0n) is 17.9. The predicted octanol–water partition coefficient (Wildman–Crippen LogP) is 4.80. The van der Waals surface area contributed by atoms with Gasteiger partial charge in [0.15, 0.2) is 0 Å². The van der Waals surface area contributed by atoms with Crippen molar-refractivity contribution in [3.8, 4) is 0 Å². The van der Waals surface area contributed by atoms with Crippen LogP contribution in [-0.2, 0) is 21.4 Å². The molecule has 0 fully saturated rings. The van der Waals surface area contributed by atoms with Gasteiger partial charge in [-0.25, -0.2) is 18.6 Å². The molecule has 2 N–H and O–H groups in total. The van der Waals surface area contributed by atoms with Crippen LogP contribution in [0.25, 0.3) is 0 Å². The number of hydrogen-bond acceptors (Lipinski definition) is 5. The molecule has 3 aromatic carbocycles. The van der Waals surface area contributed by atoms with Gasteiger partial charge in [0.25, 0.3) is 5.91 Å². The molecule has 12 heteroatoms. The summed E-state index contributed by atoms with van der Waals surface area (Å²) in [5.74, 6) is -1.87. The third-order valence-electron chi connectivity index (χ3n) is 4.70. The van der Waals surface area contributed by atoms with Crippen molar-refractivity contribution in [1.82, 2.24) is 9.73 Å². The van der Waals surface area contributed by atoms with E-state index >= 15 is 0 Å². The summed E-state index contributed by atoms with van der Waals surface area (Å²) in [7, 11) is -4.08. The molecular formula is C23H18BrCl2N3O5S. The molecule has 0 aliphatic rings. The van der Waals surface area contributed by atoms with Crippen LogP contribution in [0.2, 0.25) is 10.0 Å². The molecule has 8 nitrogen and oxygen atoms in total. The molecule has 0 heterocycles. The number of benzene rings is 3. The summed E-state index contributed by atoms with van der Waals surface area (Å²) in [6, 6.07) is 16.8. The van der Waals surface area contributed by atoms with E-state index in [1.54, 1.807) is 30.3 Å². The van der Waals surface area contributed by atoms with Crippen LogP contribution in [0.1, 0.15) is 21.5 Å². The van der Waals surface area contributed by atoms with Crippen molar-refractivity contribution in [3.63, 3.8) is 0 Å². The van der Waals surface area contributed by atoms with E-state index in [0.29, 0.717) is 15.1 Å². The Kier molecular flexibility index (Phi) is 9.03. The van der Waals surface area contributed by atoms with E-state index in [1.807, 2.05) is 0 Å². The summed E-state index contributed by atoms with van der Waals surface area (Å²) in [5.41, 5.74) is 3.04. The highest BCUT2D eigenvalue weighted by Crippen LogP contribution is 2.25. The van der Waals surface area contributed by atoms with Gasteiger partial charge >= 0.3 is 5.97 Å². The van der Waals surface area contributed by atoms with Crippen molar-refractivity contribution in [2.24, 2.45) is 5.10 Å². The normalized spacial score (nSPS) is 11.7. The van der Waals surface area contributed by atoms with Crippen molar-refractivity contribution < 1.29 is 23.1 Å². The van der Waals surface area contributed by atoms with Gasteiger partial charge in [-0.1, -0.05) is 63.4 Å². The van der Waals surface area contributed by atoms with Crippen LogP contribution >= 0.6 is 39.1 Å². The fraction of sp³-hybridized carbons (Fsp3) is 0.0870. The fourth-order valence-corrected chi connectivity index (χ4v) is 4.97. The minimum absolute atomic E-state index is 0.00422. The summed E-state index contributed by atoms with van der Waals surface area (Å²) in [4.78, 5) is 23.9. The number of hydrazone groups is 1. The average Bonchev–Trinajstić information content (AvgIpc) is 2.81. The van der Waals surface area contributed by atoms with E-state index in [0.717, 1.165) is 4.31 Å². The number of nitrogens with one attached hydrogen (secondary N) is 1. The Labute approximate surface area is 220 Å². The smallest absolute Gasteiger partial charge is 0.336 e. The lowest BCUT2D eigenvalue weighted by molar-refractivity contribution is -0.121. The number of nitrogens with zero attached hydrogens (tertiary/aromatic N) is 2. The Balaban J connectivity index is 1.83. The maximum absolute atomic E-state index is 13.3. The highest BCUT2D eigenvalue weighted by Gasteiger charge is 2.27. The van der Waals surface area contributed by atoms with E-state index in [1.165, 1.54) is 42.6 Å². The van der Waals surface area contributed by atoms with Gasteiger partial charge in [0.1, 0.15) is 0 Å². The lowest BCUT2D eigenvalue weighted by Gasteiger charge is -2.22. The first-order valence-corrected chi connectivity index (χ1v) is 12.9. The highest BCUT2D eigenvalue weighted by atomic mass is 79.9. The molecule has 1 amide bonds. The van der Waals surface area contributed by atoms with E-state index in [4.69, 9.17) is 23.2 Å². The van der Waals surface area contributed by atoms with Gasteiger partial charge in [-0.15, -0.1) is 0 Å². The minimum Gasteiger partial charge on any atom is -0.478 e. The Morgan fingerprint density at radius 2 is 1.71 bits per heavy atom. The molecule has 0 aliphatic carbocycles. The molecule has 0 unspecified atom stereocenters. The second-order valence-corrected chi connectivity index (χ2v) is 10.8. The van der Waals surface area contributed by atoms with Crippen LogP contribution in [0, 0.1) is 0 Å². The molecule has 0 atom stereocenters. The molecule has 0 aliphatic heterocycles. The minimum atomic E-state index is -4.08. The maximum atomic E-state index is 13.3. The summed E-state index contributed by atoms with van der Waals surface area (Å²) < 4.78 is 28.3. The van der Waals surface area contributed by atoms with Gasteiger partial charge in [0.05, 0.1) is 33.3 Å². The SMILES string of the molecule is O=C(CN(Cc1ccc(Cl)c(Cl)c1)S(=O)(=O)c1ccc(Br)cc1)N/N=C/c1ccccc1C(=O)O. The van der Waals surface area contributed by atoms with E-state index in [9.17, 15) is 23.1 Å². The van der Waals surface area contributed by atoms with E-state index in [2.05, 4.69) is 26.5 Å². The van der Waals surface area contributed by atoms with Crippen molar-refractivity contribution in [2.75, 3.05) is 6.54 Å². The van der Waals surface area contributed by atoms with Gasteiger partial charge in [-0.2, -0.15) is 9.41 Å². The van der Waals surface area contributed by atoms with Crippen LogP contribution in [0.5, 0.6) is 0 Å². The van der Waals surface area contributed by atoms with Crippen molar-refractivity contribution in [3.05, 3.63) is 97.9 Å². The first-order valence-electron chi connectivity index (χ1n) is 9.92. The zero-order valence-corrected chi connectivity index (χ0v) is 21.8. The van der Waals surface area contributed by atoms with Gasteiger partial charge in [0, 0.05) is 16.6 Å². The lowest BCUT2D eigenvalue weighted by atomic mass is 10.1. The van der Waals surface area contributed by atoms with Crippen molar-refractivity contribution in [2.45, 2.75) is 11.4 Å². The number of carboxylic acids is 1. The molecular weight excluding hydrogens is 581 g/mol. The van der Waals surface area contributed by atoms with Gasteiger partial charge in [-0.05, 0) is 48.0 Å². The molecule has 0 aromatic heterocycles. The summed E-state index contributed by atoms with van der Waals surface area (Å²) in [5, 5.41) is 13.6. The Hall–Kier alpha value is -2.76. The first-order chi connectivity index (χ1) is 16.6. The number of carboxylic acid groups (broad SMARTS) is 1. The number of amides is 1. The molecule has 182 valence electrons. The van der Waals surface area contributed by atoms with Crippen molar-refractivity contribution in [1.29, 1.82) is 0 Å². The molecule has 35 heavy (non-hydrogen) atoms. The molecule has 0 bridgehead atoms. The van der Waals surface area contributed by atoms with Crippen LogP contribution in [-0.4, -0.2) is 42.5 Å². The molecule has 0 saturated carbocycles. The summed E-state index contributed by atoms with van der Waals surface area (Å²) in [6.45, 7) is -0.717. The number of rotatable bonds is 9. The number of hydrogen-bond donors (Lipinski definition) is 2. The predicted molar refractivity (Wildman–Crippen MR) is 137 cm³/mol. The third-order valence-corrected chi connectivity index (χ3v) is 7.77. The Morgan fingerprint density at radius 3 is 2.37 bits per heavy atom. The zero-order chi connectivity index (χ0) is 25.6. The lowest BCUT2D eigenvalue weighted by Crippen LogP contribution is -2.39. The van der Waals surface area contributed by atoms with Crippen LogP contribution in [0.15, 0.2) is 81.2 Å².